The molecule has 90 valence electrons. The van der Waals surface area contributed by atoms with E-state index in [1.165, 1.54) is 0 Å². The van der Waals surface area contributed by atoms with Gasteiger partial charge in [-0.25, -0.2) is 9.78 Å². The molecule has 0 aliphatic carbocycles. The monoisotopic (exact) mass is 242 g/mol. The minimum absolute atomic E-state index is 0.0579. The number of amides is 1. The molecule has 0 aliphatic rings. The Morgan fingerprint density at radius 3 is 2.44 bits per heavy atom. The number of hydrogen-bond acceptors (Lipinski definition) is 4. The summed E-state index contributed by atoms with van der Waals surface area (Å²) in [5.74, 6) is 0. The van der Waals surface area contributed by atoms with Gasteiger partial charge < -0.3 is 10.1 Å². The summed E-state index contributed by atoms with van der Waals surface area (Å²) in [6, 6.07) is -0.0579. The van der Waals surface area contributed by atoms with Gasteiger partial charge in [-0.05, 0) is 34.6 Å². The first-order valence-corrected chi connectivity index (χ1v) is 6.13. The van der Waals surface area contributed by atoms with Crippen molar-refractivity contribution in [3.63, 3.8) is 0 Å². The molecule has 0 fully saturated rings. The Balaban J connectivity index is 2.62. The van der Waals surface area contributed by atoms with E-state index in [2.05, 4.69) is 10.3 Å². The van der Waals surface area contributed by atoms with E-state index in [1.807, 2.05) is 34.6 Å². The van der Waals surface area contributed by atoms with Crippen LogP contribution < -0.4 is 5.32 Å². The van der Waals surface area contributed by atoms with Gasteiger partial charge in [0.25, 0.3) is 0 Å². The van der Waals surface area contributed by atoms with Crippen LogP contribution in [0.3, 0.4) is 0 Å². The molecule has 1 unspecified atom stereocenters. The van der Waals surface area contributed by atoms with Crippen LogP contribution in [-0.4, -0.2) is 17.2 Å². The fourth-order valence-corrected chi connectivity index (χ4v) is 2.37. The number of alkyl carbamates (subject to hydrolysis) is 1. The predicted octanol–water partition coefficient (Wildman–Crippen LogP) is 2.96. The first-order chi connectivity index (χ1) is 7.40. The van der Waals surface area contributed by atoms with Gasteiger partial charge in [0.2, 0.25) is 0 Å². The van der Waals surface area contributed by atoms with Crippen LogP contribution >= 0.6 is 11.3 Å². The van der Waals surface area contributed by atoms with Gasteiger partial charge in [0.15, 0.2) is 0 Å². The fourth-order valence-electron chi connectivity index (χ4n) is 1.44. The van der Waals surface area contributed by atoms with Crippen LogP contribution in [0.2, 0.25) is 0 Å². The molecule has 0 spiro atoms. The molecular formula is C11H18N2O2S. The summed E-state index contributed by atoms with van der Waals surface area (Å²) in [6.45, 7) is 9.49. The molecule has 1 heterocycles. The third kappa shape index (κ3) is 3.48. The summed E-state index contributed by atoms with van der Waals surface area (Å²) < 4.78 is 5.02. The highest BCUT2D eigenvalue weighted by molar-refractivity contribution is 7.11. The van der Waals surface area contributed by atoms with Crippen molar-refractivity contribution in [2.24, 2.45) is 0 Å². The molecule has 1 aromatic heterocycles. The lowest BCUT2D eigenvalue weighted by Crippen LogP contribution is -2.29. The second-order valence-electron chi connectivity index (χ2n) is 4.00. The number of carbonyl (C=O) groups excluding carboxylic acids is 1. The Bertz CT molecular complexity index is 374. The molecule has 1 N–H and O–H groups in total. The maximum Gasteiger partial charge on any atom is 0.407 e. The van der Waals surface area contributed by atoms with E-state index in [-0.39, 0.29) is 18.2 Å². The molecule has 0 saturated heterocycles. The van der Waals surface area contributed by atoms with E-state index >= 15 is 0 Å². The summed E-state index contributed by atoms with van der Waals surface area (Å²) in [5, 5.41) is 3.80. The van der Waals surface area contributed by atoms with Crippen LogP contribution in [-0.2, 0) is 4.74 Å². The van der Waals surface area contributed by atoms with Crippen molar-refractivity contribution in [2.75, 3.05) is 0 Å². The number of carbonyl (C=O) groups is 1. The molecule has 1 aromatic rings. The van der Waals surface area contributed by atoms with Gasteiger partial charge in [-0.3, -0.25) is 0 Å². The van der Waals surface area contributed by atoms with Gasteiger partial charge in [0.05, 0.1) is 22.8 Å². The number of hydrogen-bond donors (Lipinski definition) is 1. The molecule has 0 bridgehead atoms. The number of thiazole rings is 1. The summed E-state index contributed by atoms with van der Waals surface area (Å²) in [4.78, 5) is 16.8. The smallest absolute Gasteiger partial charge is 0.407 e. The van der Waals surface area contributed by atoms with Crippen molar-refractivity contribution in [3.8, 4) is 0 Å². The van der Waals surface area contributed by atoms with Gasteiger partial charge in [-0.1, -0.05) is 0 Å². The third-order valence-corrected chi connectivity index (χ3v) is 3.27. The molecule has 0 radical (unpaired) electrons. The topological polar surface area (TPSA) is 51.2 Å². The maximum atomic E-state index is 11.4. The van der Waals surface area contributed by atoms with E-state index in [4.69, 9.17) is 4.74 Å². The molecule has 16 heavy (non-hydrogen) atoms. The van der Waals surface area contributed by atoms with E-state index in [0.717, 1.165) is 15.6 Å². The minimum atomic E-state index is -0.382. The Labute approximate surface area is 100 Å². The zero-order chi connectivity index (χ0) is 12.3. The molecule has 5 heteroatoms. The Kier molecular flexibility index (Phi) is 4.29. The van der Waals surface area contributed by atoms with Crippen molar-refractivity contribution < 1.29 is 9.53 Å². The lowest BCUT2D eigenvalue weighted by atomic mass is 10.2. The first kappa shape index (κ1) is 13.0. The number of nitrogens with one attached hydrogen (secondary N) is 1. The van der Waals surface area contributed by atoms with Crippen LogP contribution in [0.5, 0.6) is 0 Å². The van der Waals surface area contributed by atoms with E-state index in [0.29, 0.717) is 0 Å². The lowest BCUT2D eigenvalue weighted by Gasteiger charge is -2.14. The summed E-state index contributed by atoms with van der Waals surface area (Å²) in [7, 11) is 0. The molecular weight excluding hydrogens is 224 g/mol. The SMILES string of the molecule is Cc1nc(C)c(C(C)NC(=O)OC(C)C)s1. The lowest BCUT2D eigenvalue weighted by molar-refractivity contribution is 0.113. The number of ether oxygens (including phenoxy) is 1. The third-order valence-electron chi connectivity index (χ3n) is 2.01. The molecule has 4 nitrogen and oxygen atoms in total. The molecule has 0 saturated carbocycles. The summed E-state index contributed by atoms with van der Waals surface area (Å²) >= 11 is 1.60. The molecule has 1 amide bonds. The quantitative estimate of drug-likeness (QED) is 0.886. The zero-order valence-electron chi connectivity index (χ0n) is 10.3. The average Bonchev–Trinajstić information content (AvgIpc) is 2.43. The maximum absolute atomic E-state index is 11.4. The number of aryl methyl sites for hydroxylation is 2. The highest BCUT2D eigenvalue weighted by atomic mass is 32.1. The minimum Gasteiger partial charge on any atom is -0.447 e. The Morgan fingerprint density at radius 2 is 2.00 bits per heavy atom. The number of nitrogens with zero attached hydrogens (tertiary/aromatic N) is 1. The van der Waals surface area contributed by atoms with Crippen molar-refractivity contribution in [3.05, 3.63) is 15.6 Å². The highest BCUT2D eigenvalue weighted by Gasteiger charge is 2.16. The first-order valence-electron chi connectivity index (χ1n) is 5.31. The Morgan fingerprint density at radius 1 is 1.38 bits per heavy atom. The van der Waals surface area contributed by atoms with Gasteiger partial charge in [0, 0.05) is 4.88 Å². The normalized spacial score (nSPS) is 12.6. The zero-order valence-corrected chi connectivity index (χ0v) is 11.1. The van der Waals surface area contributed by atoms with Crippen molar-refractivity contribution in [2.45, 2.75) is 46.8 Å². The summed E-state index contributed by atoms with van der Waals surface area (Å²) in [5.41, 5.74) is 0.972. The van der Waals surface area contributed by atoms with Crippen molar-refractivity contribution in [1.82, 2.24) is 10.3 Å². The van der Waals surface area contributed by atoms with Crippen LogP contribution in [0.1, 0.15) is 42.4 Å². The molecule has 1 atom stereocenters. The van der Waals surface area contributed by atoms with Crippen LogP contribution in [0.25, 0.3) is 0 Å². The van der Waals surface area contributed by atoms with Gasteiger partial charge in [-0.15, -0.1) is 11.3 Å². The van der Waals surface area contributed by atoms with Crippen LogP contribution in [0.4, 0.5) is 4.79 Å². The summed E-state index contributed by atoms with van der Waals surface area (Å²) in [6.07, 6.45) is -0.482. The number of aromatic nitrogens is 1. The second-order valence-corrected chi connectivity index (χ2v) is 5.24. The Hall–Kier alpha value is -1.10. The second kappa shape index (κ2) is 5.30. The van der Waals surface area contributed by atoms with Crippen molar-refractivity contribution >= 4 is 17.4 Å². The van der Waals surface area contributed by atoms with E-state index in [9.17, 15) is 4.79 Å². The predicted molar refractivity (Wildman–Crippen MR) is 64.8 cm³/mol. The number of rotatable bonds is 3. The fraction of sp³-hybridized carbons (Fsp3) is 0.636. The van der Waals surface area contributed by atoms with E-state index < -0.39 is 0 Å². The largest absolute Gasteiger partial charge is 0.447 e. The van der Waals surface area contributed by atoms with Crippen molar-refractivity contribution in [1.29, 1.82) is 0 Å². The average molecular weight is 242 g/mol. The molecule has 0 aliphatic heterocycles. The van der Waals surface area contributed by atoms with E-state index in [1.54, 1.807) is 11.3 Å². The van der Waals surface area contributed by atoms with Gasteiger partial charge >= 0.3 is 6.09 Å². The molecule has 1 rings (SSSR count). The molecule has 0 aromatic carbocycles. The van der Waals surface area contributed by atoms with Crippen LogP contribution in [0, 0.1) is 13.8 Å². The standard InChI is InChI=1S/C11H18N2O2S/c1-6(2)15-11(14)13-8(4)10-7(3)12-9(5)16-10/h6,8H,1-5H3,(H,13,14). The van der Waals surface area contributed by atoms with Gasteiger partial charge in [-0.2, -0.15) is 0 Å². The van der Waals surface area contributed by atoms with Crippen LogP contribution in [0.15, 0.2) is 0 Å². The highest BCUT2D eigenvalue weighted by Crippen LogP contribution is 2.24. The van der Waals surface area contributed by atoms with Gasteiger partial charge in [0.1, 0.15) is 0 Å².